The van der Waals surface area contributed by atoms with E-state index in [4.69, 9.17) is 4.98 Å². The van der Waals surface area contributed by atoms with Crippen molar-refractivity contribution in [3.63, 3.8) is 0 Å². The zero-order chi connectivity index (χ0) is 18.7. The Morgan fingerprint density at radius 3 is 2.93 bits per heavy atom. The van der Waals surface area contributed by atoms with Crippen LogP contribution in [0.3, 0.4) is 0 Å². The topological polar surface area (TPSA) is 75.5 Å². The van der Waals surface area contributed by atoms with Gasteiger partial charge < -0.3 is 14.5 Å². The Hall–Kier alpha value is -2.96. The van der Waals surface area contributed by atoms with Gasteiger partial charge in [0.15, 0.2) is 17.0 Å². The maximum absolute atomic E-state index is 4.87. The first-order valence-corrected chi connectivity index (χ1v) is 10.1. The fourth-order valence-corrected chi connectivity index (χ4v) is 4.42. The van der Waals surface area contributed by atoms with E-state index in [2.05, 4.69) is 54.5 Å². The molecule has 6 rings (SSSR count). The minimum absolute atomic E-state index is 0.372. The number of benzene rings is 1. The van der Waals surface area contributed by atoms with Gasteiger partial charge in [0.2, 0.25) is 0 Å². The number of fused-ring (bicyclic) bond motifs is 2. The molecule has 0 bridgehead atoms. The average Bonchev–Trinajstić information content (AvgIpc) is 3.33. The third kappa shape index (κ3) is 2.57. The Morgan fingerprint density at radius 2 is 2.04 bits per heavy atom. The molecule has 1 atom stereocenters. The zero-order valence-corrected chi connectivity index (χ0v) is 16.0. The lowest BCUT2D eigenvalue weighted by Crippen LogP contribution is -2.35. The predicted molar refractivity (Wildman–Crippen MR) is 109 cm³/mol. The molecule has 0 spiro atoms. The SMILES string of the molecule is Cc1ccc2nc(C3CCCN(c4ncnc5c4ncn5C4CC4)C3)[nH]c2c1. The van der Waals surface area contributed by atoms with Gasteiger partial charge in [0.25, 0.3) is 0 Å². The molecule has 3 aromatic heterocycles. The van der Waals surface area contributed by atoms with E-state index in [1.807, 2.05) is 6.33 Å². The number of nitrogens with one attached hydrogen (secondary N) is 1. The zero-order valence-electron chi connectivity index (χ0n) is 16.0. The lowest BCUT2D eigenvalue weighted by Gasteiger charge is -2.32. The van der Waals surface area contributed by atoms with E-state index in [0.717, 1.165) is 59.8 Å². The molecule has 1 aliphatic heterocycles. The molecule has 0 amide bonds. The fraction of sp³-hybridized carbons (Fsp3) is 0.429. The average molecular weight is 373 g/mol. The van der Waals surface area contributed by atoms with Crippen LogP contribution in [-0.4, -0.2) is 42.6 Å². The molecule has 7 heteroatoms. The number of hydrogen-bond acceptors (Lipinski definition) is 5. The monoisotopic (exact) mass is 373 g/mol. The van der Waals surface area contributed by atoms with Gasteiger partial charge in [0.1, 0.15) is 12.2 Å². The summed E-state index contributed by atoms with van der Waals surface area (Å²) in [7, 11) is 0. The molecule has 4 aromatic rings. The van der Waals surface area contributed by atoms with Crippen molar-refractivity contribution in [3.05, 3.63) is 42.2 Å². The van der Waals surface area contributed by atoms with Gasteiger partial charge in [-0.15, -0.1) is 0 Å². The van der Waals surface area contributed by atoms with Crippen LogP contribution in [0.25, 0.3) is 22.2 Å². The molecule has 2 fully saturated rings. The Morgan fingerprint density at radius 1 is 1.11 bits per heavy atom. The Bertz CT molecular complexity index is 1170. The molecule has 1 saturated carbocycles. The van der Waals surface area contributed by atoms with Gasteiger partial charge in [-0.2, -0.15) is 0 Å². The summed E-state index contributed by atoms with van der Waals surface area (Å²) in [6.45, 7) is 4.02. The Kier molecular flexibility index (Phi) is 3.45. The number of imidazole rings is 2. The maximum atomic E-state index is 4.87. The summed E-state index contributed by atoms with van der Waals surface area (Å²) in [6.07, 6.45) is 8.33. The summed E-state index contributed by atoms with van der Waals surface area (Å²) in [5, 5.41) is 0. The fourth-order valence-electron chi connectivity index (χ4n) is 4.42. The van der Waals surface area contributed by atoms with Crippen molar-refractivity contribution in [1.82, 2.24) is 29.5 Å². The molecule has 28 heavy (non-hydrogen) atoms. The van der Waals surface area contributed by atoms with Gasteiger partial charge in [0.05, 0.1) is 17.4 Å². The standard InChI is InChI=1S/C21H23N7/c1-13-4-7-16-17(9-13)26-19(25-16)14-3-2-8-27(10-14)20-18-21(23-11-22-20)28(12-24-18)15-5-6-15/h4,7,9,11-12,14-15H,2-3,5-6,8,10H2,1H3,(H,25,26). The predicted octanol–water partition coefficient (Wildman–Crippen LogP) is 3.73. The first-order valence-electron chi connectivity index (χ1n) is 10.1. The number of aryl methyl sites for hydroxylation is 1. The quantitative estimate of drug-likeness (QED) is 0.592. The molecule has 142 valence electrons. The number of rotatable bonds is 3. The smallest absolute Gasteiger partial charge is 0.165 e. The number of hydrogen-bond donors (Lipinski definition) is 1. The van der Waals surface area contributed by atoms with Crippen LogP contribution in [0.5, 0.6) is 0 Å². The summed E-state index contributed by atoms with van der Waals surface area (Å²) in [4.78, 5) is 24.6. The number of nitrogens with zero attached hydrogens (tertiary/aromatic N) is 6. The number of aromatic amines is 1. The summed E-state index contributed by atoms with van der Waals surface area (Å²) < 4.78 is 2.21. The third-order valence-electron chi connectivity index (χ3n) is 6.04. The van der Waals surface area contributed by atoms with E-state index in [1.165, 1.54) is 18.4 Å². The van der Waals surface area contributed by atoms with Crippen LogP contribution in [0.2, 0.25) is 0 Å². The van der Waals surface area contributed by atoms with Crippen molar-refractivity contribution in [2.75, 3.05) is 18.0 Å². The van der Waals surface area contributed by atoms with Crippen molar-refractivity contribution < 1.29 is 0 Å². The van der Waals surface area contributed by atoms with Crippen molar-refractivity contribution in [2.45, 2.75) is 44.6 Å². The highest BCUT2D eigenvalue weighted by Gasteiger charge is 2.29. The van der Waals surface area contributed by atoms with Crippen LogP contribution in [0.4, 0.5) is 5.82 Å². The molecule has 4 heterocycles. The van der Waals surface area contributed by atoms with E-state index in [1.54, 1.807) is 6.33 Å². The number of H-pyrrole nitrogens is 1. The molecule has 1 aliphatic carbocycles. The Labute approximate surface area is 162 Å². The summed E-state index contributed by atoms with van der Waals surface area (Å²) in [5.41, 5.74) is 5.32. The van der Waals surface area contributed by atoms with Crippen LogP contribution < -0.4 is 4.90 Å². The molecule has 2 aliphatic rings. The van der Waals surface area contributed by atoms with Crippen LogP contribution in [-0.2, 0) is 0 Å². The highest BCUT2D eigenvalue weighted by Crippen LogP contribution is 2.38. The van der Waals surface area contributed by atoms with Crippen LogP contribution >= 0.6 is 0 Å². The number of anilines is 1. The van der Waals surface area contributed by atoms with Crippen molar-refractivity contribution in [2.24, 2.45) is 0 Å². The van der Waals surface area contributed by atoms with Gasteiger partial charge in [0, 0.05) is 25.0 Å². The van der Waals surface area contributed by atoms with E-state index >= 15 is 0 Å². The lowest BCUT2D eigenvalue weighted by molar-refractivity contribution is 0.493. The molecular formula is C21H23N7. The van der Waals surface area contributed by atoms with Crippen LogP contribution in [0.1, 0.15) is 49.0 Å². The lowest BCUT2D eigenvalue weighted by atomic mass is 9.97. The number of piperidine rings is 1. The summed E-state index contributed by atoms with van der Waals surface area (Å²) >= 11 is 0. The highest BCUT2D eigenvalue weighted by molar-refractivity contribution is 5.83. The summed E-state index contributed by atoms with van der Waals surface area (Å²) in [5.74, 6) is 2.41. The molecule has 7 nitrogen and oxygen atoms in total. The highest BCUT2D eigenvalue weighted by atomic mass is 15.2. The van der Waals surface area contributed by atoms with Gasteiger partial charge in [-0.25, -0.2) is 19.9 Å². The van der Waals surface area contributed by atoms with Crippen molar-refractivity contribution >= 4 is 28.0 Å². The van der Waals surface area contributed by atoms with Gasteiger partial charge in [-0.3, -0.25) is 0 Å². The minimum atomic E-state index is 0.372. The molecule has 0 radical (unpaired) electrons. The van der Waals surface area contributed by atoms with Crippen molar-refractivity contribution in [3.8, 4) is 0 Å². The second kappa shape index (κ2) is 6.02. The van der Waals surface area contributed by atoms with Crippen LogP contribution in [0, 0.1) is 6.92 Å². The largest absolute Gasteiger partial charge is 0.354 e. The van der Waals surface area contributed by atoms with E-state index in [9.17, 15) is 0 Å². The van der Waals surface area contributed by atoms with E-state index < -0.39 is 0 Å². The second-order valence-electron chi connectivity index (χ2n) is 8.18. The first-order chi connectivity index (χ1) is 13.8. The van der Waals surface area contributed by atoms with E-state index in [-0.39, 0.29) is 0 Å². The minimum Gasteiger partial charge on any atom is -0.354 e. The molecule has 1 aromatic carbocycles. The van der Waals surface area contributed by atoms with E-state index in [0.29, 0.717) is 12.0 Å². The van der Waals surface area contributed by atoms with Crippen LogP contribution in [0.15, 0.2) is 30.9 Å². The van der Waals surface area contributed by atoms with Gasteiger partial charge in [-0.1, -0.05) is 6.07 Å². The maximum Gasteiger partial charge on any atom is 0.165 e. The molecular weight excluding hydrogens is 350 g/mol. The number of aromatic nitrogens is 6. The molecule has 1 saturated heterocycles. The van der Waals surface area contributed by atoms with Crippen molar-refractivity contribution in [1.29, 1.82) is 0 Å². The Balaban J connectivity index is 1.33. The summed E-state index contributed by atoms with van der Waals surface area (Å²) in [6, 6.07) is 6.96. The molecule has 1 N–H and O–H groups in total. The normalized spacial score (nSPS) is 20.3. The van der Waals surface area contributed by atoms with Gasteiger partial charge >= 0.3 is 0 Å². The first kappa shape index (κ1) is 16.0. The second-order valence-corrected chi connectivity index (χ2v) is 8.18. The third-order valence-corrected chi connectivity index (χ3v) is 6.04. The van der Waals surface area contributed by atoms with Gasteiger partial charge in [-0.05, 0) is 50.3 Å². The molecule has 1 unspecified atom stereocenters.